The fourth-order valence-corrected chi connectivity index (χ4v) is 2.00. The fraction of sp³-hybridized carbons (Fsp3) is 0.0667. The molecule has 1 heterocycles. The van der Waals surface area contributed by atoms with E-state index in [-0.39, 0.29) is 0 Å². The third-order valence-corrected chi connectivity index (χ3v) is 2.94. The molecule has 0 saturated heterocycles. The van der Waals surface area contributed by atoms with E-state index in [1.54, 1.807) is 0 Å². The minimum Gasteiger partial charge on any atom is -0.456 e. The molecule has 0 bridgehead atoms. The van der Waals surface area contributed by atoms with Crippen molar-refractivity contribution in [1.82, 2.24) is 0 Å². The molecule has 17 heavy (non-hydrogen) atoms. The summed E-state index contributed by atoms with van der Waals surface area (Å²) in [5.74, 6) is 0.884. The molecule has 3 aromatic rings. The largest absolute Gasteiger partial charge is 0.456 e. The zero-order valence-corrected chi connectivity index (χ0v) is 9.60. The summed E-state index contributed by atoms with van der Waals surface area (Å²) in [6.07, 6.45) is 0. The molecule has 2 aromatic carbocycles. The number of anilines is 1. The summed E-state index contributed by atoms with van der Waals surface area (Å²) in [7, 11) is 0. The van der Waals surface area contributed by atoms with E-state index < -0.39 is 0 Å². The van der Waals surface area contributed by atoms with E-state index in [4.69, 9.17) is 10.2 Å². The Balaban J connectivity index is 2.18. The van der Waals surface area contributed by atoms with E-state index in [9.17, 15) is 0 Å². The molecule has 0 unspecified atom stereocenters. The lowest BCUT2D eigenvalue weighted by atomic mass is 10.1. The summed E-state index contributed by atoms with van der Waals surface area (Å²) in [4.78, 5) is 0. The Labute approximate surface area is 99.7 Å². The number of benzene rings is 2. The van der Waals surface area contributed by atoms with Crippen molar-refractivity contribution in [2.45, 2.75) is 6.92 Å². The molecule has 84 valence electrons. The average Bonchev–Trinajstić information content (AvgIpc) is 2.75. The number of furan rings is 1. The Bertz CT molecular complexity index is 665. The fourth-order valence-electron chi connectivity index (χ4n) is 2.00. The topological polar surface area (TPSA) is 39.2 Å². The zero-order chi connectivity index (χ0) is 11.8. The van der Waals surface area contributed by atoms with Gasteiger partial charge in [-0.1, -0.05) is 18.2 Å². The molecule has 3 rings (SSSR count). The maximum absolute atomic E-state index is 5.88. The van der Waals surface area contributed by atoms with Crippen LogP contribution in [0.25, 0.3) is 22.3 Å². The van der Waals surface area contributed by atoms with Gasteiger partial charge in [-0.25, -0.2) is 0 Å². The highest BCUT2D eigenvalue weighted by molar-refractivity contribution is 5.85. The minimum absolute atomic E-state index is 0.765. The molecule has 0 fully saturated rings. The smallest absolute Gasteiger partial charge is 0.137 e. The van der Waals surface area contributed by atoms with Crippen molar-refractivity contribution in [2.75, 3.05) is 5.73 Å². The van der Waals surface area contributed by atoms with E-state index in [0.717, 1.165) is 33.5 Å². The Kier molecular flexibility index (Phi) is 2.15. The van der Waals surface area contributed by atoms with Gasteiger partial charge in [0, 0.05) is 16.6 Å². The highest BCUT2D eigenvalue weighted by atomic mass is 16.3. The van der Waals surface area contributed by atoms with Crippen LogP contribution in [0.5, 0.6) is 0 Å². The maximum Gasteiger partial charge on any atom is 0.137 e. The minimum atomic E-state index is 0.765. The number of rotatable bonds is 1. The van der Waals surface area contributed by atoms with Gasteiger partial charge in [0.2, 0.25) is 0 Å². The van der Waals surface area contributed by atoms with Crippen molar-refractivity contribution >= 4 is 16.7 Å². The van der Waals surface area contributed by atoms with Crippen LogP contribution in [0.4, 0.5) is 5.69 Å². The zero-order valence-electron chi connectivity index (χ0n) is 9.60. The van der Waals surface area contributed by atoms with Gasteiger partial charge in [-0.3, -0.25) is 0 Å². The van der Waals surface area contributed by atoms with E-state index in [2.05, 4.69) is 25.1 Å². The summed E-state index contributed by atoms with van der Waals surface area (Å²) in [5.41, 5.74) is 9.60. The lowest BCUT2D eigenvalue weighted by Crippen LogP contribution is -1.82. The molecule has 0 spiro atoms. The van der Waals surface area contributed by atoms with Crippen molar-refractivity contribution in [1.29, 1.82) is 0 Å². The summed E-state index contributed by atoms with van der Waals surface area (Å²) in [6.45, 7) is 2.05. The predicted octanol–water partition coefficient (Wildman–Crippen LogP) is 3.99. The van der Waals surface area contributed by atoms with Crippen molar-refractivity contribution in [2.24, 2.45) is 0 Å². The van der Waals surface area contributed by atoms with Crippen LogP contribution in [-0.4, -0.2) is 0 Å². The van der Waals surface area contributed by atoms with Crippen molar-refractivity contribution in [3.63, 3.8) is 0 Å². The monoisotopic (exact) mass is 223 g/mol. The van der Waals surface area contributed by atoms with Crippen LogP contribution >= 0.6 is 0 Å². The molecule has 0 aliphatic rings. The Morgan fingerprint density at radius 2 is 1.76 bits per heavy atom. The SMILES string of the molecule is Cc1cccc2cc(-c3ccc(N)cc3)oc12. The van der Waals surface area contributed by atoms with Crippen molar-refractivity contribution in [3.8, 4) is 11.3 Å². The first-order chi connectivity index (χ1) is 8.24. The number of hydrogen-bond donors (Lipinski definition) is 1. The molecule has 0 radical (unpaired) electrons. The van der Waals surface area contributed by atoms with Gasteiger partial charge in [-0.15, -0.1) is 0 Å². The second kappa shape index (κ2) is 3.67. The number of aryl methyl sites for hydroxylation is 1. The quantitative estimate of drug-likeness (QED) is 0.633. The first-order valence-corrected chi connectivity index (χ1v) is 5.59. The molecular weight excluding hydrogens is 210 g/mol. The van der Waals surface area contributed by atoms with Crippen LogP contribution < -0.4 is 5.73 Å². The lowest BCUT2D eigenvalue weighted by molar-refractivity contribution is 0.629. The van der Waals surface area contributed by atoms with Crippen LogP contribution in [0.2, 0.25) is 0 Å². The number of fused-ring (bicyclic) bond motifs is 1. The van der Waals surface area contributed by atoms with E-state index in [0.29, 0.717) is 0 Å². The van der Waals surface area contributed by atoms with Crippen LogP contribution in [-0.2, 0) is 0 Å². The first-order valence-electron chi connectivity index (χ1n) is 5.59. The first kappa shape index (κ1) is 9.97. The number of nitrogen functional groups attached to an aromatic ring is 1. The lowest BCUT2D eigenvalue weighted by Gasteiger charge is -1.97. The molecule has 1 aromatic heterocycles. The van der Waals surface area contributed by atoms with E-state index in [1.807, 2.05) is 30.3 Å². The van der Waals surface area contributed by atoms with Gasteiger partial charge in [-0.05, 0) is 42.8 Å². The third-order valence-electron chi connectivity index (χ3n) is 2.94. The molecule has 0 amide bonds. The Morgan fingerprint density at radius 3 is 2.47 bits per heavy atom. The van der Waals surface area contributed by atoms with Gasteiger partial charge >= 0.3 is 0 Å². The van der Waals surface area contributed by atoms with Gasteiger partial charge in [-0.2, -0.15) is 0 Å². The number of hydrogen-bond acceptors (Lipinski definition) is 2. The predicted molar refractivity (Wildman–Crippen MR) is 70.8 cm³/mol. The number of para-hydroxylation sites is 1. The van der Waals surface area contributed by atoms with Crippen LogP contribution in [0, 0.1) is 6.92 Å². The number of nitrogens with two attached hydrogens (primary N) is 1. The van der Waals surface area contributed by atoms with Crippen molar-refractivity contribution in [3.05, 3.63) is 54.1 Å². The van der Waals surface area contributed by atoms with Gasteiger partial charge < -0.3 is 10.2 Å². The molecule has 2 N–H and O–H groups in total. The molecule has 0 atom stereocenters. The highest BCUT2D eigenvalue weighted by Crippen LogP contribution is 2.29. The third kappa shape index (κ3) is 1.68. The van der Waals surface area contributed by atoms with Gasteiger partial charge in [0.15, 0.2) is 0 Å². The summed E-state index contributed by atoms with van der Waals surface area (Å²) < 4.78 is 5.88. The van der Waals surface area contributed by atoms with E-state index >= 15 is 0 Å². The maximum atomic E-state index is 5.88. The summed E-state index contributed by atoms with van der Waals surface area (Å²) in [5, 5.41) is 1.14. The second-order valence-electron chi connectivity index (χ2n) is 4.23. The molecule has 0 saturated carbocycles. The molecule has 2 heteroatoms. The van der Waals surface area contributed by atoms with Crippen LogP contribution in [0.3, 0.4) is 0 Å². The summed E-state index contributed by atoms with van der Waals surface area (Å²) >= 11 is 0. The van der Waals surface area contributed by atoms with E-state index in [1.165, 1.54) is 0 Å². The Morgan fingerprint density at radius 1 is 1.00 bits per heavy atom. The van der Waals surface area contributed by atoms with Crippen LogP contribution in [0.1, 0.15) is 5.56 Å². The molecule has 0 aliphatic heterocycles. The molecule has 2 nitrogen and oxygen atoms in total. The average molecular weight is 223 g/mol. The van der Waals surface area contributed by atoms with Crippen molar-refractivity contribution < 1.29 is 4.42 Å². The molecule has 0 aliphatic carbocycles. The standard InChI is InChI=1S/C15H13NO/c1-10-3-2-4-12-9-14(17-15(10)12)11-5-7-13(16)8-6-11/h2-9H,16H2,1H3. The molecular formula is C15H13NO. The van der Waals surface area contributed by atoms with Gasteiger partial charge in [0.1, 0.15) is 11.3 Å². The highest BCUT2D eigenvalue weighted by Gasteiger charge is 2.07. The second-order valence-corrected chi connectivity index (χ2v) is 4.23. The van der Waals surface area contributed by atoms with Gasteiger partial charge in [0.25, 0.3) is 0 Å². The Hall–Kier alpha value is -2.22. The normalized spacial score (nSPS) is 10.9. The van der Waals surface area contributed by atoms with Gasteiger partial charge in [0.05, 0.1) is 0 Å². The summed E-state index contributed by atoms with van der Waals surface area (Å²) in [6, 6.07) is 15.9. The van der Waals surface area contributed by atoms with Crippen LogP contribution in [0.15, 0.2) is 52.9 Å².